The number of H-pyrrole nitrogens is 1. The number of benzene rings is 2. The summed E-state index contributed by atoms with van der Waals surface area (Å²) >= 11 is 1.38. The van der Waals surface area contributed by atoms with Crippen molar-refractivity contribution in [2.75, 3.05) is 0 Å². The predicted molar refractivity (Wildman–Crippen MR) is 129 cm³/mol. The number of aromatic amines is 1. The van der Waals surface area contributed by atoms with E-state index in [1.807, 2.05) is 72.2 Å². The monoisotopic (exact) mass is 453 g/mol. The summed E-state index contributed by atoms with van der Waals surface area (Å²) in [6.45, 7) is 1.90. The number of hydrogen-bond acceptors (Lipinski definition) is 5. The molecule has 7 heteroatoms. The molecule has 162 valence electrons. The number of carbonyl (C=O) groups is 1. The lowest BCUT2D eigenvalue weighted by molar-refractivity contribution is 0.0925. The normalized spacial score (nSPS) is 12.5. The van der Waals surface area contributed by atoms with E-state index in [-0.39, 0.29) is 11.2 Å². The van der Waals surface area contributed by atoms with Gasteiger partial charge in [-0.1, -0.05) is 48.2 Å². The van der Waals surface area contributed by atoms with Crippen molar-refractivity contribution in [1.29, 1.82) is 0 Å². The Hall–Kier alpha value is -3.97. The maximum Gasteiger partial charge on any atom is 0.244 e. The Bertz CT molecular complexity index is 1470. The zero-order valence-corrected chi connectivity index (χ0v) is 18.5. The summed E-state index contributed by atoms with van der Waals surface area (Å²) in [6, 6.07) is 23.3. The average Bonchev–Trinajstić information content (AvgIpc) is 3.64. The van der Waals surface area contributed by atoms with Crippen molar-refractivity contribution in [3.05, 3.63) is 85.3 Å². The van der Waals surface area contributed by atoms with Crippen LogP contribution < -0.4 is 0 Å². The summed E-state index contributed by atoms with van der Waals surface area (Å²) in [5, 5.41) is 2.37. The number of nitrogens with one attached hydrogen (secondary N) is 1. The van der Waals surface area contributed by atoms with Gasteiger partial charge in [-0.05, 0) is 43.3 Å². The number of thioether (sulfide) groups is 1. The van der Waals surface area contributed by atoms with E-state index < -0.39 is 0 Å². The first-order valence-corrected chi connectivity index (χ1v) is 11.5. The number of nitrogens with zero attached hydrogens (tertiary/aromatic N) is 2. The molecule has 0 fully saturated rings. The van der Waals surface area contributed by atoms with Gasteiger partial charge in [0.15, 0.2) is 16.7 Å². The Labute approximate surface area is 193 Å². The van der Waals surface area contributed by atoms with Gasteiger partial charge in [0.05, 0.1) is 28.8 Å². The zero-order valence-electron chi connectivity index (χ0n) is 17.7. The van der Waals surface area contributed by atoms with Crippen LogP contribution in [-0.2, 0) is 0 Å². The highest BCUT2D eigenvalue weighted by Crippen LogP contribution is 2.35. The van der Waals surface area contributed by atoms with Crippen LogP contribution in [0.2, 0.25) is 0 Å². The van der Waals surface area contributed by atoms with E-state index in [9.17, 15) is 4.79 Å². The fraction of sp³-hybridized carbons (Fsp3) is 0.0769. The SMILES string of the molecule is CC(Sc1nc(-c2ccco2)c(-c2ccco2)[nH]1)C(=O)n1c2ccccc2c2ccccc21. The molecule has 0 aliphatic rings. The molecule has 1 unspecified atom stereocenters. The summed E-state index contributed by atoms with van der Waals surface area (Å²) in [6.07, 6.45) is 3.22. The molecular weight excluding hydrogens is 434 g/mol. The van der Waals surface area contributed by atoms with Gasteiger partial charge in [-0.15, -0.1) is 0 Å². The number of furan rings is 2. The van der Waals surface area contributed by atoms with E-state index in [4.69, 9.17) is 13.8 Å². The molecular formula is C26H19N3O3S. The highest BCUT2D eigenvalue weighted by molar-refractivity contribution is 8.00. The van der Waals surface area contributed by atoms with Crippen LogP contribution in [0.4, 0.5) is 0 Å². The Balaban J connectivity index is 1.38. The third-order valence-corrected chi connectivity index (χ3v) is 6.61. The van der Waals surface area contributed by atoms with Crippen LogP contribution in [0.3, 0.4) is 0 Å². The minimum atomic E-state index is -0.385. The van der Waals surface area contributed by atoms with E-state index in [0.717, 1.165) is 21.8 Å². The van der Waals surface area contributed by atoms with Crippen molar-refractivity contribution in [2.45, 2.75) is 17.3 Å². The van der Waals surface area contributed by atoms with Gasteiger partial charge in [0.25, 0.3) is 0 Å². The van der Waals surface area contributed by atoms with Gasteiger partial charge in [0.2, 0.25) is 5.91 Å². The Kier molecular flexibility index (Phi) is 4.69. The quantitative estimate of drug-likeness (QED) is 0.289. The van der Waals surface area contributed by atoms with Crippen molar-refractivity contribution >= 4 is 39.5 Å². The lowest BCUT2D eigenvalue weighted by atomic mass is 10.2. The average molecular weight is 454 g/mol. The molecule has 0 spiro atoms. The maximum atomic E-state index is 13.7. The van der Waals surface area contributed by atoms with E-state index in [0.29, 0.717) is 28.1 Å². The Morgan fingerprint density at radius 1 is 0.879 bits per heavy atom. The molecule has 6 nitrogen and oxygen atoms in total. The van der Waals surface area contributed by atoms with Gasteiger partial charge in [0.1, 0.15) is 11.4 Å². The van der Waals surface area contributed by atoms with Crippen LogP contribution in [0, 0.1) is 0 Å². The highest BCUT2D eigenvalue weighted by Gasteiger charge is 2.25. The Morgan fingerprint density at radius 3 is 2.09 bits per heavy atom. The standard InChI is InChI=1S/C26H19N3O3S/c1-16(25(30)29-19-10-4-2-8-17(19)18-9-3-5-11-20(18)29)33-26-27-23(21-12-6-14-31-21)24(28-26)22-13-7-15-32-22/h2-16H,1H3,(H,27,28). The summed E-state index contributed by atoms with van der Waals surface area (Å²) in [4.78, 5) is 21.7. The minimum absolute atomic E-state index is 0.00658. The number of para-hydroxylation sites is 2. The smallest absolute Gasteiger partial charge is 0.244 e. The number of fused-ring (bicyclic) bond motifs is 3. The molecule has 1 N–H and O–H groups in total. The van der Waals surface area contributed by atoms with Gasteiger partial charge in [-0.3, -0.25) is 9.36 Å². The highest BCUT2D eigenvalue weighted by atomic mass is 32.2. The minimum Gasteiger partial charge on any atom is -0.463 e. The largest absolute Gasteiger partial charge is 0.463 e. The molecule has 33 heavy (non-hydrogen) atoms. The number of aromatic nitrogens is 3. The first-order chi connectivity index (χ1) is 16.2. The maximum absolute atomic E-state index is 13.7. The molecule has 0 saturated heterocycles. The van der Waals surface area contributed by atoms with Gasteiger partial charge in [-0.2, -0.15) is 0 Å². The summed E-state index contributed by atoms with van der Waals surface area (Å²) < 4.78 is 13.0. The number of carbonyl (C=O) groups excluding carboxylic acids is 1. The number of rotatable bonds is 5. The molecule has 0 bridgehead atoms. The molecule has 6 aromatic rings. The van der Waals surface area contributed by atoms with Gasteiger partial charge < -0.3 is 13.8 Å². The van der Waals surface area contributed by atoms with Crippen LogP contribution in [0.5, 0.6) is 0 Å². The predicted octanol–water partition coefficient (Wildman–Crippen LogP) is 6.86. The molecule has 0 saturated carbocycles. The molecule has 4 aromatic heterocycles. The summed E-state index contributed by atoms with van der Waals surface area (Å²) in [7, 11) is 0. The summed E-state index contributed by atoms with van der Waals surface area (Å²) in [5.74, 6) is 1.28. The van der Waals surface area contributed by atoms with Gasteiger partial charge in [-0.25, -0.2) is 4.98 Å². The van der Waals surface area contributed by atoms with Crippen LogP contribution in [0.1, 0.15) is 11.7 Å². The van der Waals surface area contributed by atoms with Crippen LogP contribution in [0.25, 0.3) is 44.7 Å². The fourth-order valence-corrected chi connectivity index (χ4v) is 5.00. The lowest BCUT2D eigenvalue weighted by Crippen LogP contribution is -2.21. The molecule has 6 rings (SSSR count). The number of imidazole rings is 1. The second kappa shape index (κ2) is 7.86. The van der Waals surface area contributed by atoms with Crippen molar-refractivity contribution in [3.63, 3.8) is 0 Å². The van der Waals surface area contributed by atoms with Crippen LogP contribution in [-0.4, -0.2) is 25.7 Å². The second-order valence-electron chi connectivity index (χ2n) is 7.69. The van der Waals surface area contributed by atoms with Crippen molar-refractivity contribution in [3.8, 4) is 22.9 Å². The molecule has 0 radical (unpaired) electrons. The first kappa shape index (κ1) is 19.7. The molecule has 0 aliphatic heterocycles. The molecule has 0 amide bonds. The van der Waals surface area contributed by atoms with Crippen molar-refractivity contribution < 1.29 is 13.6 Å². The zero-order chi connectivity index (χ0) is 22.4. The van der Waals surface area contributed by atoms with E-state index in [2.05, 4.69) is 17.1 Å². The molecule has 1 atom stereocenters. The summed E-state index contributed by atoms with van der Waals surface area (Å²) in [5.41, 5.74) is 3.18. The van der Waals surface area contributed by atoms with E-state index >= 15 is 0 Å². The van der Waals surface area contributed by atoms with Crippen molar-refractivity contribution in [2.24, 2.45) is 0 Å². The van der Waals surface area contributed by atoms with E-state index in [1.54, 1.807) is 12.5 Å². The van der Waals surface area contributed by atoms with Crippen LogP contribution >= 0.6 is 11.8 Å². The number of hydrogen-bond donors (Lipinski definition) is 1. The fourth-order valence-electron chi connectivity index (χ4n) is 4.16. The molecule has 2 aromatic carbocycles. The Morgan fingerprint density at radius 2 is 1.48 bits per heavy atom. The third kappa shape index (κ3) is 3.29. The second-order valence-corrected chi connectivity index (χ2v) is 9.02. The lowest BCUT2D eigenvalue weighted by Gasteiger charge is -2.11. The first-order valence-electron chi connectivity index (χ1n) is 10.6. The van der Waals surface area contributed by atoms with Gasteiger partial charge >= 0.3 is 0 Å². The topological polar surface area (TPSA) is 77.0 Å². The van der Waals surface area contributed by atoms with Crippen molar-refractivity contribution in [1.82, 2.24) is 14.5 Å². The molecule has 4 heterocycles. The third-order valence-electron chi connectivity index (χ3n) is 5.64. The molecule has 0 aliphatic carbocycles. The van der Waals surface area contributed by atoms with Crippen LogP contribution in [0.15, 0.2) is 99.3 Å². The van der Waals surface area contributed by atoms with E-state index in [1.165, 1.54) is 11.8 Å². The van der Waals surface area contributed by atoms with Gasteiger partial charge in [0, 0.05) is 10.8 Å².